The Balaban J connectivity index is 2.21. The Labute approximate surface area is 114 Å². The smallest absolute Gasteiger partial charge is 0.338 e. The molecule has 0 spiro atoms. The van der Waals surface area contributed by atoms with Crippen molar-refractivity contribution in [2.75, 3.05) is 13.2 Å². The van der Waals surface area contributed by atoms with E-state index in [0.29, 0.717) is 25.2 Å². The van der Waals surface area contributed by atoms with E-state index in [2.05, 4.69) is 0 Å². The number of ether oxygens (including phenoxy) is 3. The molecule has 106 valence electrons. The summed E-state index contributed by atoms with van der Waals surface area (Å²) in [6, 6.07) is 8.96. The molecule has 0 saturated carbocycles. The van der Waals surface area contributed by atoms with Crippen LogP contribution in [0.3, 0.4) is 0 Å². The van der Waals surface area contributed by atoms with Crippen LogP contribution < -0.4 is 0 Å². The molecule has 0 saturated heterocycles. The highest BCUT2D eigenvalue weighted by atomic mass is 16.7. The summed E-state index contributed by atoms with van der Waals surface area (Å²) in [5.41, 5.74) is 0.568. The monoisotopic (exact) mass is 266 g/mol. The van der Waals surface area contributed by atoms with Crippen LogP contribution in [0, 0.1) is 0 Å². The predicted octanol–water partition coefficient (Wildman–Crippen LogP) is 3.02. The third-order valence-corrected chi connectivity index (χ3v) is 2.59. The molecule has 0 aliphatic carbocycles. The fourth-order valence-corrected chi connectivity index (χ4v) is 1.64. The lowest BCUT2D eigenvalue weighted by molar-refractivity contribution is -0.155. The van der Waals surface area contributed by atoms with E-state index in [1.54, 1.807) is 12.1 Å². The van der Waals surface area contributed by atoms with E-state index in [-0.39, 0.29) is 18.4 Å². The van der Waals surface area contributed by atoms with Gasteiger partial charge in [0.2, 0.25) is 0 Å². The van der Waals surface area contributed by atoms with Crippen LogP contribution in [0.2, 0.25) is 0 Å². The molecular weight excluding hydrogens is 244 g/mol. The zero-order valence-corrected chi connectivity index (χ0v) is 11.8. The van der Waals surface area contributed by atoms with Gasteiger partial charge in [-0.15, -0.1) is 0 Å². The summed E-state index contributed by atoms with van der Waals surface area (Å²) in [6.45, 7) is 6.68. The highest BCUT2D eigenvalue weighted by Gasteiger charge is 2.10. The highest BCUT2D eigenvalue weighted by molar-refractivity contribution is 5.89. The Morgan fingerprint density at radius 2 is 1.89 bits per heavy atom. The van der Waals surface area contributed by atoms with Crippen LogP contribution in [0.15, 0.2) is 30.3 Å². The minimum absolute atomic E-state index is 0.00915. The zero-order valence-electron chi connectivity index (χ0n) is 11.8. The van der Waals surface area contributed by atoms with E-state index in [4.69, 9.17) is 14.2 Å². The second-order valence-electron chi connectivity index (χ2n) is 4.26. The Morgan fingerprint density at radius 1 is 1.21 bits per heavy atom. The van der Waals surface area contributed by atoms with E-state index in [0.717, 1.165) is 0 Å². The average molecular weight is 266 g/mol. The molecule has 4 nitrogen and oxygen atoms in total. The lowest BCUT2D eigenvalue weighted by Gasteiger charge is -2.18. The molecule has 2 atom stereocenters. The maximum atomic E-state index is 11.7. The number of benzene rings is 1. The molecule has 1 aromatic carbocycles. The van der Waals surface area contributed by atoms with Gasteiger partial charge in [-0.2, -0.15) is 0 Å². The summed E-state index contributed by atoms with van der Waals surface area (Å²) in [6.07, 6.45) is 0.408. The average Bonchev–Trinajstić information content (AvgIpc) is 2.39. The normalized spacial score (nSPS) is 13.8. The standard InChI is InChI=1S/C15H22O4/c1-4-17-13(3)19-12(2)10-11-18-15(16)14-8-6-5-7-9-14/h5-9,12-13H,4,10-11H2,1-3H3. The van der Waals surface area contributed by atoms with Gasteiger partial charge < -0.3 is 14.2 Å². The lowest BCUT2D eigenvalue weighted by atomic mass is 10.2. The number of carbonyl (C=O) groups is 1. The zero-order chi connectivity index (χ0) is 14.1. The molecule has 0 aliphatic heterocycles. The van der Waals surface area contributed by atoms with Gasteiger partial charge in [-0.3, -0.25) is 0 Å². The van der Waals surface area contributed by atoms with Crippen LogP contribution in [-0.2, 0) is 14.2 Å². The second kappa shape index (κ2) is 8.67. The third kappa shape index (κ3) is 6.36. The molecule has 0 radical (unpaired) electrons. The maximum Gasteiger partial charge on any atom is 0.338 e. The number of esters is 1. The first-order chi connectivity index (χ1) is 9.13. The minimum Gasteiger partial charge on any atom is -0.462 e. The number of rotatable bonds is 8. The third-order valence-electron chi connectivity index (χ3n) is 2.59. The van der Waals surface area contributed by atoms with Gasteiger partial charge in [0.1, 0.15) is 0 Å². The van der Waals surface area contributed by atoms with Crippen molar-refractivity contribution in [3.8, 4) is 0 Å². The van der Waals surface area contributed by atoms with Crippen LogP contribution in [0.4, 0.5) is 0 Å². The molecule has 0 bridgehead atoms. The van der Waals surface area contributed by atoms with Gasteiger partial charge in [-0.05, 0) is 32.9 Å². The number of hydrogen-bond donors (Lipinski definition) is 0. The Morgan fingerprint density at radius 3 is 2.53 bits per heavy atom. The van der Waals surface area contributed by atoms with Crippen molar-refractivity contribution in [2.45, 2.75) is 39.6 Å². The molecule has 1 aromatic rings. The molecule has 19 heavy (non-hydrogen) atoms. The van der Waals surface area contributed by atoms with Crippen LogP contribution in [0.25, 0.3) is 0 Å². The summed E-state index contributed by atoms with van der Waals surface area (Å²) >= 11 is 0. The van der Waals surface area contributed by atoms with Gasteiger partial charge in [-0.25, -0.2) is 4.79 Å². The first-order valence-electron chi connectivity index (χ1n) is 6.62. The number of hydrogen-bond acceptors (Lipinski definition) is 4. The van der Waals surface area contributed by atoms with Crippen molar-refractivity contribution in [1.82, 2.24) is 0 Å². The molecule has 0 heterocycles. The van der Waals surface area contributed by atoms with Gasteiger partial charge in [0, 0.05) is 13.0 Å². The topological polar surface area (TPSA) is 44.8 Å². The number of carbonyl (C=O) groups excluding carboxylic acids is 1. The van der Waals surface area contributed by atoms with Gasteiger partial charge in [0.15, 0.2) is 6.29 Å². The maximum absolute atomic E-state index is 11.7. The van der Waals surface area contributed by atoms with Crippen LogP contribution in [0.5, 0.6) is 0 Å². The summed E-state index contributed by atoms with van der Waals surface area (Å²) in [5, 5.41) is 0. The fraction of sp³-hybridized carbons (Fsp3) is 0.533. The SMILES string of the molecule is CCOC(C)OC(C)CCOC(=O)c1ccccc1. The first kappa shape index (κ1) is 15.7. The lowest BCUT2D eigenvalue weighted by Crippen LogP contribution is -2.21. The highest BCUT2D eigenvalue weighted by Crippen LogP contribution is 2.06. The molecule has 0 amide bonds. The second-order valence-corrected chi connectivity index (χ2v) is 4.26. The Hall–Kier alpha value is -1.39. The van der Waals surface area contributed by atoms with Crippen molar-refractivity contribution >= 4 is 5.97 Å². The minimum atomic E-state index is -0.300. The van der Waals surface area contributed by atoms with Crippen molar-refractivity contribution in [2.24, 2.45) is 0 Å². The Bertz CT molecular complexity index is 364. The largest absolute Gasteiger partial charge is 0.462 e. The molecule has 1 rings (SSSR count). The van der Waals surface area contributed by atoms with E-state index in [1.807, 2.05) is 39.0 Å². The summed E-state index contributed by atoms with van der Waals surface area (Å²) < 4.78 is 16.0. The van der Waals surface area contributed by atoms with E-state index in [9.17, 15) is 4.79 Å². The van der Waals surface area contributed by atoms with Crippen molar-refractivity contribution in [1.29, 1.82) is 0 Å². The Kier molecular flexibility index (Phi) is 7.15. The first-order valence-corrected chi connectivity index (χ1v) is 6.62. The summed E-state index contributed by atoms with van der Waals surface area (Å²) in [5.74, 6) is -0.300. The van der Waals surface area contributed by atoms with E-state index in [1.165, 1.54) is 0 Å². The molecule has 0 aromatic heterocycles. The summed E-state index contributed by atoms with van der Waals surface area (Å²) in [4.78, 5) is 11.7. The van der Waals surface area contributed by atoms with Crippen LogP contribution in [-0.4, -0.2) is 31.6 Å². The van der Waals surface area contributed by atoms with Gasteiger partial charge in [0.05, 0.1) is 18.3 Å². The van der Waals surface area contributed by atoms with Crippen molar-refractivity contribution in [3.05, 3.63) is 35.9 Å². The summed E-state index contributed by atoms with van der Waals surface area (Å²) in [7, 11) is 0. The van der Waals surface area contributed by atoms with Crippen molar-refractivity contribution in [3.63, 3.8) is 0 Å². The van der Waals surface area contributed by atoms with E-state index < -0.39 is 0 Å². The quantitative estimate of drug-likeness (QED) is 0.536. The van der Waals surface area contributed by atoms with Gasteiger partial charge in [0.25, 0.3) is 0 Å². The fourth-order valence-electron chi connectivity index (χ4n) is 1.64. The van der Waals surface area contributed by atoms with Gasteiger partial charge >= 0.3 is 5.97 Å². The van der Waals surface area contributed by atoms with Crippen LogP contribution in [0.1, 0.15) is 37.6 Å². The van der Waals surface area contributed by atoms with E-state index >= 15 is 0 Å². The van der Waals surface area contributed by atoms with Crippen molar-refractivity contribution < 1.29 is 19.0 Å². The predicted molar refractivity (Wildman–Crippen MR) is 73.0 cm³/mol. The molecule has 0 fully saturated rings. The molecular formula is C15H22O4. The van der Waals surface area contributed by atoms with Crippen LogP contribution >= 0.6 is 0 Å². The molecule has 0 aliphatic rings. The molecule has 4 heteroatoms. The molecule has 2 unspecified atom stereocenters. The van der Waals surface area contributed by atoms with Gasteiger partial charge in [-0.1, -0.05) is 18.2 Å². The molecule has 0 N–H and O–H groups in total.